The van der Waals surface area contributed by atoms with Crippen LogP contribution in [0.15, 0.2) is 48.5 Å². The molecule has 1 amide bonds. The van der Waals surface area contributed by atoms with E-state index in [1.807, 2.05) is 48.5 Å². The Morgan fingerprint density at radius 2 is 1.96 bits per heavy atom. The summed E-state index contributed by atoms with van der Waals surface area (Å²) < 4.78 is 5.12. The van der Waals surface area contributed by atoms with E-state index in [-0.39, 0.29) is 12.5 Å². The number of ether oxygens (including phenoxy) is 1. The molecule has 3 rings (SSSR count). The maximum Gasteiger partial charge on any atom is 0.220 e. The van der Waals surface area contributed by atoms with Crippen LogP contribution in [0.25, 0.3) is 0 Å². The number of fused-ring (bicyclic) bond motifs is 1. The molecule has 0 saturated carbocycles. The fourth-order valence-electron chi connectivity index (χ4n) is 3.24. The van der Waals surface area contributed by atoms with Crippen molar-refractivity contribution in [1.82, 2.24) is 5.32 Å². The van der Waals surface area contributed by atoms with Gasteiger partial charge >= 0.3 is 0 Å². The molecule has 0 aliphatic heterocycles. The van der Waals surface area contributed by atoms with Gasteiger partial charge in [0.05, 0.1) is 13.7 Å². The zero-order valence-corrected chi connectivity index (χ0v) is 13.9. The monoisotopic (exact) mass is 325 g/mol. The van der Waals surface area contributed by atoms with Crippen LogP contribution in [-0.4, -0.2) is 24.7 Å². The number of amides is 1. The molecule has 0 heterocycles. The number of aryl methyl sites for hydroxylation is 2. The first-order valence-electron chi connectivity index (χ1n) is 8.31. The highest BCUT2D eigenvalue weighted by Crippen LogP contribution is 2.36. The van der Waals surface area contributed by atoms with Gasteiger partial charge in [0.25, 0.3) is 0 Å². The SMILES string of the molecule is COc1ccc(CCC(=O)NCC2(O)CCc3ccccc32)cc1. The zero-order chi connectivity index (χ0) is 17.0. The summed E-state index contributed by atoms with van der Waals surface area (Å²) in [5.74, 6) is 0.772. The second kappa shape index (κ2) is 7.05. The highest BCUT2D eigenvalue weighted by molar-refractivity contribution is 5.76. The first kappa shape index (κ1) is 16.5. The Hall–Kier alpha value is -2.33. The standard InChI is InChI=1S/C20H23NO3/c1-24-17-9-6-15(7-10-17)8-11-19(22)21-14-20(23)13-12-16-4-2-3-5-18(16)20/h2-7,9-10,23H,8,11-14H2,1H3,(H,21,22). The molecule has 2 aromatic rings. The number of hydrogen-bond donors (Lipinski definition) is 2. The molecule has 24 heavy (non-hydrogen) atoms. The fraction of sp³-hybridized carbons (Fsp3) is 0.350. The maximum absolute atomic E-state index is 12.1. The number of nitrogens with one attached hydrogen (secondary N) is 1. The highest BCUT2D eigenvalue weighted by atomic mass is 16.5. The van der Waals surface area contributed by atoms with Gasteiger partial charge in [-0.3, -0.25) is 4.79 Å². The summed E-state index contributed by atoms with van der Waals surface area (Å²) in [6.07, 6.45) is 2.59. The molecule has 1 atom stereocenters. The molecule has 0 saturated heterocycles. The van der Waals surface area contributed by atoms with Gasteiger partial charge in [-0.05, 0) is 48.1 Å². The first-order valence-corrected chi connectivity index (χ1v) is 8.31. The van der Waals surface area contributed by atoms with Gasteiger partial charge < -0.3 is 15.2 Å². The van der Waals surface area contributed by atoms with Crippen molar-refractivity contribution in [3.63, 3.8) is 0 Å². The molecule has 2 aromatic carbocycles. The predicted molar refractivity (Wildman–Crippen MR) is 93.0 cm³/mol. The summed E-state index contributed by atoms with van der Waals surface area (Å²) in [6, 6.07) is 15.6. The average molecular weight is 325 g/mol. The van der Waals surface area contributed by atoms with Gasteiger partial charge in [-0.15, -0.1) is 0 Å². The Kier molecular flexibility index (Phi) is 4.86. The van der Waals surface area contributed by atoms with Crippen LogP contribution in [0.5, 0.6) is 5.75 Å². The molecule has 4 heteroatoms. The van der Waals surface area contributed by atoms with E-state index in [0.717, 1.165) is 23.3 Å². The molecular weight excluding hydrogens is 302 g/mol. The first-order chi connectivity index (χ1) is 11.6. The summed E-state index contributed by atoms with van der Waals surface area (Å²) in [6.45, 7) is 0.269. The lowest BCUT2D eigenvalue weighted by Gasteiger charge is -2.24. The minimum Gasteiger partial charge on any atom is -0.497 e. The summed E-state index contributed by atoms with van der Waals surface area (Å²) in [5.41, 5.74) is 2.27. The second-order valence-corrected chi connectivity index (χ2v) is 6.31. The quantitative estimate of drug-likeness (QED) is 0.858. The predicted octanol–water partition coefficient (Wildman–Crippen LogP) is 2.58. The molecule has 2 N–H and O–H groups in total. The van der Waals surface area contributed by atoms with E-state index in [2.05, 4.69) is 5.32 Å². The number of hydrogen-bond acceptors (Lipinski definition) is 3. The van der Waals surface area contributed by atoms with E-state index >= 15 is 0 Å². The van der Waals surface area contributed by atoms with Crippen LogP contribution in [0.2, 0.25) is 0 Å². The van der Waals surface area contributed by atoms with E-state index in [9.17, 15) is 9.90 Å². The van der Waals surface area contributed by atoms with Gasteiger partial charge in [-0.1, -0.05) is 36.4 Å². The van der Waals surface area contributed by atoms with E-state index in [1.54, 1.807) is 7.11 Å². The lowest BCUT2D eigenvalue weighted by Crippen LogP contribution is -2.39. The number of benzene rings is 2. The van der Waals surface area contributed by atoms with E-state index in [1.165, 1.54) is 5.56 Å². The molecule has 0 spiro atoms. The van der Waals surface area contributed by atoms with Gasteiger partial charge in [0, 0.05) is 6.42 Å². The Bertz CT molecular complexity index is 711. The number of aliphatic hydroxyl groups is 1. The molecule has 126 valence electrons. The maximum atomic E-state index is 12.1. The third kappa shape index (κ3) is 3.60. The van der Waals surface area contributed by atoms with Crippen LogP contribution in [0.1, 0.15) is 29.5 Å². The largest absolute Gasteiger partial charge is 0.497 e. The van der Waals surface area contributed by atoms with Crippen molar-refractivity contribution in [2.24, 2.45) is 0 Å². The topological polar surface area (TPSA) is 58.6 Å². The van der Waals surface area contributed by atoms with E-state index < -0.39 is 5.60 Å². The molecular formula is C20H23NO3. The molecule has 0 bridgehead atoms. The number of methoxy groups -OCH3 is 1. The van der Waals surface area contributed by atoms with Crippen molar-refractivity contribution in [2.45, 2.75) is 31.3 Å². The van der Waals surface area contributed by atoms with Gasteiger partial charge in [-0.25, -0.2) is 0 Å². The Balaban J connectivity index is 1.51. The Labute approximate surface area is 142 Å². The summed E-state index contributed by atoms with van der Waals surface area (Å²) >= 11 is 0. The number of carbonyl (C=O) groups is 1. The molecule has 1 unspecified atom stereocenters. The van der Waals surface area contributed by atoms with Gasteiger partial charge in [-0.2, -0.15) is 0 Å². The smallest absolute Gasteiger partial charge is 0.220 e. The summed E-state index contributed by atoms with van der Waals surface area (Å²) in [4.78, 5) is 12.1. The van der Waals surface area contributed by atoms with Crippen molar-refractivity contribution >= 4 is 5.91 Å². The molecule has 1 aliphatic rings. The third-order valence-corrected chi connectivity index (χ3v) is 4.70. The van der Waals surface area contributed by atoms with Gasteiger partial charge in [0.15, 0.2) is 0 Å². The Morgan fingerprint density at radius 3 is 2.71 bits per heavy atom. The summed E-state index contributed by atoms with van der Waals surface area (Å²) in [7, 11) is 1.63. The Morgan fingerprint density at radius 1 is 1.21 bits per heavy atom. The van der Waals surface area contributed by atoms with Crippen LogP contribution in [0.3, 0.4) is 0 Å². The number of carbonyl (C=O) groups excluding carboxylic acids is 1. The molecule has 0 aromatic heterocycles. The second-order valence-electron chi connectivity index (χ2n) is 6.31. The lowest BCUT2D eigenvalue weighted by atomic mass is 9.96. The average Bonchev–Trinajstić information content (AvgIpc) is 2.96. The minimum absolute atomic E-state index is 0.0383. The van der Waals surface area contributed by atoms with Crippen molar-refractivity contribution in [2.75, 3.05) is 13.7 Å². The van der Waals surface area contributed by atoms with Crippen molar-refractivity contribution in [3.05, 3.63) is 65.2 Å². The third-order valence-electron chi connectivity index (χ3n) is 4.70. The lowest BCUT2D eigenvalue weighted by molar-refractivity contribution is -0.122. The van der Waals surface area contributed by atoms with Crippen LogP contribution in [-0.2, 0) is 23.2 Å². The number of rotatable bonds is 6. The van der Waals surface area contributed by atoms with Gasteiger partial charge in [0.2, 0.25) is 5.91 Å². The summed E-state index contributed by atoms with van der Waals surface area (Å²) in [5, 5.41) is 13.7. The van der Waals surface area contributed by atoms with Gasteiger partial charge in [0.1, 0.15) is 11.4 Å². The molecule has 0 fully saturated rings. The van der Waals surface area contributed by atoms with Crippen LogP contribution in [0.4, 0.5) is 0 Å². The molecule has 1 aliphatic carbocycles. The zero-order valence-electron chi connectivity index (χ0n) is 13.9. The van der Waals surface area contributed by atoms with Crippen molar-refractivity contribution in [1.29, 1.82) is 0 Å². The minimum atomic E-state index is -0.938. The van der Waals surface area contributed by atoms with E-state index in [0.29, 0.717) is 19.3 Å². The van der Waals surface area contributed by atoms with Crippen molar-refractivity contribution in [3.8, 4) is 5.75 Å². The van der Waals surface area contributed by atoms with E-state index in [4.69, 9.17) is 4.74 Å². The van der Waals surface area contributed by atoms with Crippen LogP contribution < -0.4 is 10.1 Å². The molecule has 4 nitrogen and oxygen atoms in total. The normalized spacial score (nSPS) is 18.9. The fourth-order valence-corrected chi connectivity index (χ4v) is 3.24. The highest BCUT2D eigenvalue weighted by Gasteiger charge is 2.36. The van der Waals surface area contributed by atoms with Crippen molar-refractivity contribution < 1.29 is 14.6 Å². The van der Waals surface area contributed by atoms with Crippen LogP contribution >= 0.6 is 0 Å². The van der Waals surface area contributed by atoms with Crippen LogP contribution in [0, 0.1) is 0 Å². The molecule has 0 radical (unpaired) electrons.